The second-order valence-corrected chi connectivity index (χ2v) is 7.19. The van der Waals surface area contributed by atoms with Crippen molar-refractivity contribution in [3.05, 3.63) is 69.9 Å². The van der Waals surface area contributed by atoms with Crippen LogP contribution >= 0.6 is 11.6 Å². The van der Waals surface area contributed by atoms with Crippen molar-refractivity contribution in [1.82, 2.24) is 0 Å². The smallest absolute Gasteiger partial charge is 0.260 e. The Bertz CT molecular complexity index is 1040. The van der Waals surface area contributed by atoms with E-state index in [1.54, 1.807) is 50.3 Å². The van der Waals surface area contributed by atoms with E-state index in [1.807, 2.05) is 6.07 Å². The molecule has 0 radical (unpaired) electrons. The molecule has 150 valence electrons. The number of halogens is 1. The van der Waals surface area contributed by atoms with Gasteiger partial charge >= 0.3 is 0 Å². The molecule has 7 heteroatoms. The Labute approximate surface area is 174 Å². The van der Waals surface area contributed by atoms with Gasteiger partial charge in [-0.2, -0.15) is 0 Å². The Kier molecular flexibility index (Phi) is 5.77. The summed E-state index contributed by atoms with van der Waals surface area (Å²) in [6.45, 7) is 3.38. The minimum Gasteiger partial charge on any atom is -0.496 e. The van der Waals surface area contributed by atoms with Gasteiger partial charge in [0, 0.05) is 39.2 Å². The zero-order chi connectivity index (χ0) is 21.3. The Morgan fingerprint density at radius 1 is 1.24 bits per heavy atom. The van der Waals surface area contributed by atoms with E-state index in [2.05, 4.69) is 0 Å². The summed E-state index contributed by atoms with van der Waals surface area (Å²) < 4.78 is 5.53. The largest absolute Gasteiger partial charge is 0.496 e. The Hall–Kier alpha value is -3.09. The number of nitrogens with one attached hydrogen (secondary N) is 1. The zero-order valence-electron chi connectivity index (χ0n) is 16.4. The third-order valence-electron chi connectivity index (χ3n) is 4.67. The number of benzene rings is 2. The molecular weight excluding hydrogens is 390 g/mol. The van der Waals surface area contributed by atoms with Gasteiger partial charge in [-0.15, -0.1) is 0 Å². The van der Waals surface area contributed by atoms with E-state index in [0.717, 1.165) is 0 Å². The summed E-state index contributed by atoms with van der Waals surface area (Å²) in [5.74, 6) is 0.0788. The lowest BCUT2D eigenvalue weighted by Crippen LogP contribution is -2.41. The quantitative estimate of drug-likeness (QED) is 0.660. The number of anilines is 1. The molecule has 2 aromatic carbocycles. The first-order valence-corrected chi connectivity index (χ1v) is 9.32. The highest BCUT2D eigenvalue weighted by Gasteiger charge is 2.29. The summed E-state index contributed by atoms with van der Waals surface area (Å²) in [6, 6.07) is 9.95. The Balaban J connectivity index is 2.16. The zero-order valence-corrected chi connectivity index (χ0v) is 17.1. The predicted molar refractivity (Wildman–Crippen MR) is 116 cm³/mol. The SMILES string of the molecule is COc1cc2c(cc1C(C(C)=N)=C(C)N)C=CC(O)N2C(=O)c1ccc(Cl)cc1. The summed E-state index contributed by atoms with van der Waals surface area (Å²) >= 11 is 5.92. The molecule has 3 rings (SSSR count). The summed E-state index contributed by atoms with van der Waals surface area (Å²) in [4.78, 5) is 14.4. The van der Waals surface area contributed by atoms with Crippen molar-refractivity contribution in [2.24, 2.45) is 5.73 Å². The van der Waals surface area contributed by atoms with Gasteiger partial charge in [-0.25, -0.2) is 0 Å². The molecule has 0 spiro atoms. The van der Waals surface area contributed by atoms with Gasteiger partial charge in [0.2, 0.25) is 0 Å². The number of allylic oxidation sites excluding steroid dienone is 2. The number of hydrogen-bond acceptors (Lipinski definition) is 5. The number of methoxy groups -OCH3 is 1. The van der Waals surface area contributed by atoms with Gasteiger partial charge in [0.05, 0.1) is 12.8 Å². The number of nitrogens with two attached hydrogens (primary N) is 1. The van der Waals surface area contributed by atoms with Crippen molar-refractivity contribution in [3.63, 3.8) is 0 Å². The van der Waals surface area contributed by atoms with Crippen molar-refractivity contribution >= 4 is 40.6 Å². The minimum atomic E-state index is -1.13. The van der Waals surface area contributed by atoms with Gasteiger partial charge in [0.25, 0.3) is 5.91 Å². The van der Waals surface area contributed by atoms with Crippen LogP contribution in [-0.4, -0.2) is 30.1 Å². The van der Waals surface area contributed by atoms with Crippen LogP contribution in [0, 0.1) is 5.41 Å². The molecule has 2 aromatic rings. The van der Waals surface area contributed by atoms with Crippen molar-refractivity contribution < 1.29 is 14.6 Å². The maximum atomic E-state index is 13.1. The molecule has 1 aliphatic heterocycles. The number of aliphatic hydroxyl groups is 1. The maximum Gasteiger partial charge on any atom is 0.260 e. The number of carbonyl (C=O) groups is 1. The monoisotopic (exact) mass is 411 g/mol. The molecular formula is C22H22ClN3O3. The predicted octanol–water partition coefficient (Wildman–Crippen LogP) is 4.07. The lowest BCUT2D eigenvalue weighted by Gasteiger charge is -2.32. The normalized spacial score (nSPS) is 16.2. The van der Waals surface area contributed by atoms with Gasteiger partial charge < -0.3 is 21.0 Å². The van der Waals surface area contributed by atoms with Crippen molar-refractivity contribution in [1.29, 1.82) is 5.41 Å². The van der Waals surface area contributed by atoms with Crippen LogP contribution in [0.25, 0.3) is 11.6 Å². The third-order valence-corrected chi connectivity index (χ3v) is 4.92. The van der Waals surface area contributed by atoms with Crippen LogP contribution in [-0.2, 0) is 0 Å². The highest BCUT2D eigenvalue weighted by molar-refractivity contribution is 6.30. The number of nitrogens with zero attached hydrogens (tertiary/aromatic N) is 1. The molecule has 1 aliphatic rings. The molecule has 0 saturated carbocycles. The highest BCUT2D eigenvalue weighted by atomic mass is 35.5. The number of aliphatic hydroxyl groups excluding tert-OH is 1. The fourth-order valence-corrected chi connectivity index (χ4v) is 3.51. The topological polar surface area (TPSA) is 99.6 Å². The first-order valence-electron chi connectivity index (χ1n) is 8.94. The number of hydrogen-bond donors (Lipinski definition) is 3. The molecule has 0 bridgehead atoms. The van der Waals surface area contributed by atoms with Crippen LogP contribution in [0.4, 0.5) is 5.69 Å². The lowest BCUT2D eigenvalue weighted by molar-refractivity contribution is 0.0926. The van der Waals surface area contributed by atoms with Gasteiger partial charge in [-0.05, 0) is 55.8 Å². The standard InChI is InChI=1S/C22H22ClN3O3/c1-12(24)21(13(2)25)17-10-15-6-9-20(27)26(18(15)11-19(17)29-3)22(28)14-4-7-16(23)8-5-14/h4-11,20,24,27H,25H2,1-3H3. The number of amides is 1. The van der Waals surface area contributed by atoms with Gasteiger partial charge in [-0.1, -0.05) is 17.7 Å². The number of carbonyl (C=O) groups excluding carboxylic acids is 1. The van der Waals surface area contributed by atoms with Crippen LogP contribution in [0.1, 0.15) is 35.3 Å². The second kappa shape index (κ2) is 8.11. The first-order chi connectivity index (χ1) is 13.7. The number of fused-ring (bicyclic) bond motifs is 1. The summed E-state index contributed by atoms with van der Waals surface area (Å²) in [7, 11) is 1.51. The minimum absolute atomic E-state index is 0.303. The van der Waals surface area contributed by atoms with Crippen molar-refractivity contribution in [2.75, 3.05) is 12.0 Å². The molecule has 6 nitrogen and oxygen atoms in total. The van der Waals surface area contributed by atoms with Crippen LogP contribution < -0.4 is 15.4 Å². The fraction of sp³-hybridized carbons (Fsp3) is 0.182. The van der Waals surface area contributed by atoms with E-state index in [9.17, 15) is 9.90 Å². The Morgan fingerprint density at radius 3 is 2.45 bits per heavy atom. The third kappa shape index (κ3) is 3.90. The lowest BCUT2D eigenvalue weighted by atomic mass is 9.94. The number of ether oxygens (including phenoxy) is 1. The average molecular weight is 412 g/mol. The van der Waals surface area contributed by atoms with Crippen LogP contribution in [0.5, 0.6) is 5.75 Å². The molecule has 0 saturated heterocycles. The molecule has 0 aromatic heterocycles. The molecule has 1 amide bonds. The number of rotatable bonds is 4. The second-order valence-electron chi connectivity index (χ2n) is 6.75. The van der Waals surface area contributed by atoms with E-state index in [4.69, 9.17) is 27.5 Å². The highest BCUT2D eigenvalue weighted by Crippen LogP contribution is 2.39. The summed E-state index contributed by atoms with van der Waals surface area (Å²) in [5, 5.41) is 19.1. The van der Waals surface area contributed by atoms with Crippen LogP contribution in [0.3, 0.4) is 0 Å². The molecule has 1 atom stereocenters. The van der Waals surface area contributed by atoms with E-state index in [1.165, 1.54) is 18.1 Å². The van der Waals surface area contributed by atoms with Crippen LogP contribution in [0.2, 0.25) is 5.02 Å². The fourth-order valence-electron chi connectivity index (χ4n) is 3.38. The van der Waals surface area contributed by atoms with Crippen molar-refractivity contribution in [3.8, 4) is 5.75 Å². The van der Waals surface area contributed by atoms with Gasteiger partial charge in [0.15, 0.2) is 6.23 Å². The van der Waals surface area contributed by atoms with E-state index < -0.39 is 6.23 Å². The van der Waals surface area contributed by atoms with Crippen molar-refractivity contribution in [2.45, 2.75) is 20.1 Å². The average Bonchev–Trinajstić information content (AvgIpc) is 2.67. The summed E-state index contributed by atoms with van der Waals surface area (Å²) in [5.41, 5.74) is 9.61. The van der Waals surface area contributed by atoms with E-state index in [0.29, 0.717) is 50.1 Å². The molecule has 1 heterocycles. The first kappa shape index (κ1) is 20.6. The van der Waals surface area contributed by atoms with Crippen LogP contribution in [0.15, 0.2) is 48.2 Å². The maximum absolute atomic E-state index is 13.1. The van der Waals surface area contributed by atoms with Gasteiger partial charge in [0.1, 0.15) is 5.75 Å². The van der Waals surface area contributed by atoms with E-state index in [-0.39, 0.29) is 5.91 Å². The Morgan fingerprint density at radius 2 is 1.90 bits per heavy atom. The molecule has 4 N–H and O–H groups in total. The summed E-state index contributed by atoms with van der Waals surface area (Å²) in [6.07, 6.45) is 2.14. The van der Waals surface area contributed by atoms with Gasteiger partial charge in [-0.3, -0.25) is 9.69 Å². The molecule has 0 fully saturated rings. The molecule has 29 heavy (non-hydrogen) atoms. The molecule has 1 unspecified atom stereocenters. The van der Waals surface area contributed by atoms with E-state index >= 15 is 0 Å². The molecule has 0 aliphatic carbocycles.